The molecule has 2 aliphatic heterocycles. The Morgan fingerprint density at radius 2 is 1.75 bits per heavy atom. The number of urea groups is 1. The van der Waals surface area contributed by atoms with E-state index in [4.69, 9.17) is 9.90 Å². The fraction of sp³-hybridized carbons (Fsp3) is 0.409. The van der Waals surface area contributed by atoms with Crippen LogP contribution in [0.4, 0.5) is 23.7 Å². The molecule has 172 valence electrons. The highest BCUT2D eigenvalue weighted by atomic mass is 19.4. The normalized spacial score (nSPS) is 20.7. The maximum atomic E-state index is 12.6. The van der Waals surface area contributed by atoms with Crippen molar-refractivity contribution in [2.45, 2.75) is 37.5 Å². The molecule has 2 aromatic rings. The molecule has 2 saturated heterocycles. The topological polar surface area (TPSA) is 85.8 Å². The molecule has 4 rings (SSSR count). The van der Waals surface area contributed by atoms with E-state index in [1.807, 2.05) is 53.6 Å². The quantitative estimate of drug-likeness (QED) is 0.739. The molecule has 10 heteroatoms. The van der Waals surface area contributed by atoms with Gasteiger partial charge in [0.05, 0.1) is 5.69 Å². The van der Waals surface area contributed by atoms with E-state index in [9.17, 15) is 18.0 Å². The van der Waals surface area contributed by atoms with Gasteiger partial charge in [-0.2, -0.15) is 13.2 Å². The molecule has 0 radical (unpaired) electrons. The standard InChI is InChI=1S/C20H24N4O.C2HF3O2/c25-19(22-17-7-2-1-3-8-17)23-14-11-20(16-23)10-6-13-24(20)15-18-9-4-5-12-21-18;3-2(4,5)1(6)7/h1-5,7-9,12H,6,10-11,13-16H2,(H,22,25);(H,6,7). The number of carbonyl (C=O) groups is 2. The Bertz CT molecular complexity index is 912. The third-order valence-corrected chi connectivity index (χ3v) is 5.71. The Labute approximate surface area is 183 Å². The van der Waals surface area contributed by atoms with E-state index in [2.05, 4.69) is 21.3 Å². The molecule has 0 bridgehead atoms. The summed E-state index contributed by atoms with van der Waals surface area (Å²) in [5.74, 6) is -2.76. The lowest BCUT2D eigenvalue weighted by molar-refractivity contribution is -0.192. The molecule has 1 spiro atoms. The Kier molecular flexibility index (Phi) is 7.34. The number of nitrogens with one attached hydrogen (secondary N) is 1. The summed E-state index contributed by atoms with van der Waals surface area (Å²) in [6.45, 7) is 3.58. The second-order valence-corrected chi connectivity index (χ2v) is 7.84. The molecule has 1 atom stereocenters. The van der Waals surface area contributed by atoms with Gasteiger partial charge in [-0.3, -0.25) is 9.88 Å². The van der Waals surface area contributed by atoms with Gasteiger partial charge in [0.1, 0.15) is 0 Å². The number of likely N-dealkylation sites (tertiary alicyclic amines) is 2. The fourth-order valence-electron chi connectivity index (χ4n) is 4.14. The number of pyridine rings is 1. The lowest BCUT2D eigenvalue weighted by Crippen LogP contribution is -2.47. The van der Waals surface area contributed by atoms with Crippen LogP contribution in [0.5, 0.6) is 0 Å². The van der Waals surface area contributed by atoms with Crippen molar-refractivity contribution in [1.29, 1.82) is 0 Å². The largest absolute Gasteiger partial charge is 0.490 e. The summed E-state index contributed by atoms with van der Waals surface area (Å²) < 4.78 is 31.7. The van der Waals surface area contributed by atoms with Crippen molar-refractivity contribution in [3.8, 4) is 0 Å². The summed E-state index contributed by atoms with van der Waals surface area (Å²) in [5.41, 5.74) is 2.08. The predicted molar refractivity (Wildman–Crippen MR) is 112 cm³/mol. The first-order valence-electron chi connectivity index (χ1n) is 10.3. The van der Waals surface area contributed by atoms with Crippen LogP contribution < -0.4 is 5.32 Å². The van der Waals surface area contributed by atoms with E-state index in [0.29, 0.717) is 0 Å². The number of carboxylic acid groups (broad SMARTS) is 1. The number of rotatable bonds is 3. The number of hydrogen-bond acceptors (Lipinski definition) is 4. The number of amides is 2. The molecular formula is C22H25F3N4O3. The zero-order chi connectivity index (χ0) is 23.2. The molecule has 2 fully saturated rings. The maximum absolute atomic E-state index is 12.6. The van der Waals surface area contributed by atoms with Crippen molar-refractivity contribution < 1.29 is 27.9 Å². The van der Waals surface area contributed by atoms with E-state index in [-0.39, 0.29) is 11.6 Å². The number of benzene rings is 1. The molecule has 3 heterocycles. The van der Waals surface area contributed by atoms with Gasteiger partial charge in [0.25, 0.3) is 0 Å². The molecule has 2 aliphatic rings. The third kappa shape index (κ3) is 5.97. The predicted octanol–water partition coefficient (Wildman–Crippen LogP) is 3.99. The van der Waals surface area contributed by atoms with Crippen LogP contribution in [-0.2, 0) is 11.3 Å². The summed E-state index contributed by atoms with van der Waals surface area (Å²) in [6, 6.07) is 15.8. The molecule has 1 unspecified atom stereocenters. The van der Waals surface area contributed by atoms with Gasteiger partial charge in [-0.25, -0.2) is 9.59 Å². The van der Waals surface area contributed by atoms with E-state index >= 15 is 0 Å². The number of aromatic nitrogens is 1. The number of anilines is 1. The van der Waals surface area contributed by atoms with Crippen molar-refractivity contribution in [2.24, 2.45) is 0 Å². The summed E-state index contributed by atoms with van der Waals surface area (Å²) >= 11 is 0. The molecule has 0 aliphatic carbocycles. The molecule has 32 heavy (non-hydrogen) atoms. The van der Waals surface area contributed by atoms with Crippen molar-refractivity contribution in [1.82, 2.24) is 14.8 Å². The minimum Gasteiger partial charge on any atom is -0.475 e. The van der Waals surface area contributed by atoms with E-state index in [1.165, 1.54) is 6.42 Å². The summed E-state index contributed by atoms with van der Waals surface area (Å²) in [7, 11) is 0. The number of carboxylic acids is 1. The van der Waals surface area contributed by atoms with Gasteiger partial charge >= 0.3 is 18.2 Å². The van der Waals surface area contributed by atoms with Gasteiger partial charge in [-0.05, 0) is 50.1 Å². The van der Waals surface area contributed by atoms with Crippen molar-refractivity contribution in [2.75, 3.05) is 25.0 Å². The second-order valence-electron chi connectivity index (χ2n) is 7.84. The lowest BCUT2D eigenvalue weighted by atomic mass is 9.95. The maximum Gasteiger partial charge on any atom is 0.490 e. The lowest BCUT2D eigenvalue weighted by Gasteiger charge is -2.34. The Morgan fingerprint density at radius 3 is 2.38 bits per heavy atom. The first-order chi connectivity index (χ1) is 15.2. The molecular weight excluding hydrogens is 425 g/mol. The third-order valence-electron chi connectivity index (χ3n) is 5.71. The number of halogens is 3. The molecule has 1 aromatic heterocycles. The Morgan fingerprint density at radius 1 is 1.06 bits per heavy atom. The molecule has 1 aromatic carbocycles. The van der Waals surface area contributed by atoms with Crippen LogP contribution in [0.2, 0.25) is 0 Å². The number of para-hydroxylation sites is 1. The minimum atomic E-state index is -5.08. The van der Waals surface area contributed by atoms with Crippen molar-refractivity contribution >= 4 is 17.7 Å². The molecule has 2 N–H and O–H groups in total. The SMILES string of the molecule is O=C(Nc1ccccc1)N1CCC2(CCCN2Cc2ccccn2)C1.O=C(O)C(F)(F)F. The van der Waals surface area contributed by atoms with Gasteiger partial charge in [-0.15, -0.1) is 0 Å². The van der Waals surface area contributed by atoms with Crippen molar-refractivity contribution in [3.05, 3.63) is 60.4 Å². The van der Waals surface area contributed by atoms with Crippen LogP contribution in [-0.4, -0.2) is 63.2 Å². The molecule has 0 saturated carbocycles. The van der Waals surface area contributed by atoms with Crippen molar-refractivity contribution in [3.63, 3.8) is 0 Å². The highest BCUT2D eigenvalue weighted by Crippen LogP contribution is 2.38. The summed E-state index contributed by atoms with van der Waals surface area (Å²) in [6.07, 6.45) is 0.171. The minimum absolute atomic E-state index is 0.00719. The Hall–Kier alpha value is -3.14. The Balaban J connectivity index is 0.000000360. The highest BCUT2D eigenvalue weighted by molar-refractivity contribution is 5.89. The first-order valence-corrected chi connectivity index (χ1v) is 10.3. The van der Waals surface area contributed by atoms with Gasteiger partial charge in [0.15, 0.2) is 0 Å². The first kappa shape index (κ1) is 23.5. The van der Waals surface area contributed by atoms with Gasteiger partial charge in [0, 0.05) is 37.1 Å². The monoisotopic (exact) mass is 450 g/mol. The van der Waals surface area contributed by atoms with Crippen LogP contribution in [0.1, 0.15) is 25.0 Å². The van der Waals surface area contributed by atoms with Gasteiger partial charge < -0.3 is 15.3 Å². The van der Waals surface area contributed by atoms with Crippen LogP contribution in [0.25, 0.3) is 0 Å². The molecule has 7 nitrogen and oxygen atoms in total. The summed E-state index contributed by atoms with van der Waals surface area (Å²) in [5, 5.41) is 10.1. The smallest absolute Gasteiger partial charge is 0.475 e. The average Bonchev–Trinajstić information content (AvgIpc) is 3.37. The van der Waals surface area contributed by atoms with Crippen LogP contribution >= 0.6 is 0 Å². The van der Waals surface area contributed by atoms with Gasteiger partial charge in [-0.1, -0.05) is 24.3 Å². The second kappa shape index (κ2) is 9.99. The highest BCUT2D eigenvalue weighted by Gasteiger charge is 2.47. The zero-order valence-electron chi connectivity index (χ0n) is 17.4. The fourth-order valence-corrected chi connectivity index (χ4v) is 4.14. The molecule has 2 amide bonds. The van der Waals surface area contributed by atoms with E-state index in [0.717, 1.165) is 50.4 Å². The van der Waals surface area contributed by atoms with Crippen LogP contribution in [0.3, 0.4) is 0 Å². The van der Waals surface area contributed by atoms with E-state index < -0.39 is 12.1 Å². The van der Waals surface area contributed by atoms with Crippen LogP contribution in [0, 0.1) is 0 Å². The zero-order valence-corrected chi connectivity index (χ0v) is 17.4. The van der Waals surface area contributed by atoms with Gasteiger partial charge in [0.2, 0.25) is 0 Å². The number of hydrogen-bond donors (Lipinski definition) is 2. The summed E-state index contributed by atoms with van der Waals surface area (Å²) in [4.78, 5) is 30.5. The van der Waals surface area contributed by atoms with E-state index in [1.54, 1.807) is 0 Å². The average molecular weight is 450 g/mol. The number of nitrogens with zero attached hydrogens (tertiary/aromatic N) is 3. The van der Waals surface area contributed by atoms with Crippen LogP contribution in [0.15, 0.2) is 54.7 Å². The number of aliphatic carboxylic acids is 1. The number of carbonyl (C=O) groups excluding carboxylic acids is 1. The number of alkyl halides is 3.